The Hall–Kier alpha value is -1.57. The van der Waals surface area contributed by atoms with Gasteiger partial charge < -0.3 is 14.6 Å². The molecule has 0 aromatic carbocycles. The lowest BCUT2D eigenvalue weighted by Gasteiger charge is -2.32. The number of fused-ring (bicyclic) bond motifs is 1. The molecule has 0 unspecified atom stereocenters. The summed E-state index contributed by atoms with van der Waals surface area (Å²) in [5, 5.41) is 0.544. The highest BCUT2D eigenvalue weighted by molar-refractivity contribution is 7.20. The van der Waals surface area contributed by atoms with E-state index in [1.807, 2.05) is 6.92 Å². The van der Waals surface area contributed by atoms with Crippen molar-refractivity contribution in [1.82, 2.24) is 9.97 Å². The normalized spacial score (nSPS) is 25.0. The molecule has 2 atom stereocenters. The van der Waals surface area contributed by atoms with E-state index < -0.39 is 0 Å². The van der Waals surface area contributed by atoms with Crippen LogP contribution in [-0.4, -0.2) is 41.0 Å². The third-order valence-corrected chi connectivity index (χ3v) is 5.49. The SMILES string of the molecule is CC(=O)c1sc2nc(C[NH+]3C[C@H](C)O[C@@H](C)C3)[nH]c(=O)c2c1C. The summed E-state index contributed by atoms with van der Waals surface area (Å²) >= 11 is 1.31. The number of ether oxygens (including phenoxy) is 1. The van der Waals surface area contributed by atoms with Gasteiger partial charge in [0.25, 0.3) is 5.56 Å². The van der Waals surface area contributed by atoms with E-state index in [-0.39, 0.29) is 23.6 Å². The smallest absolute Gasteiger partial charge is 0.260 e. The molecule has 1 aliphatic heterocycles. The molecular formula is C16H22N3O3S+. The van der Waals surface area contributed by atoms with Crippen LogP contribution in [0.1, 0.15) is 41.8 Å². The van der Waals surface area contributed by atoms with E-state index in [2.05, 4.69) is 23.8 Å². The van der Waals surface area contributed by atoms with Gasteiger partial charge in [0, 0.05) is 0 Å². The molecule has 0 saturated carbocycles. The predicted octanol–water partition coefficient (Wildman–Crippen LogP) is 0.688. The van der Waals surface area contributed by atoms with Crippen LogP contribution < -0.4 is 10.5 Å². The number of hydrogen-bond donors (Lipinski definition) is 2. The third-order valence-electron chi connectivity index (χ3n) is 4.20. The highest BCUT2D eigenvalue weighted by Crippen LogP contribution is 2.27. The number of quaternary nitrogens is 1. The Balaban J connectivity index is 1.94. The number of carbonyl (C=O) groups is 1. The van der Waals surface area contributed by atoms with Crippen molar-refractivity contribution in [1.29, 1.82) is 0 Å². The van der Waals surface area contributed by atoms with Crippen LogP contribution in [0.5, 0.6) is 0 Å². The number of Topliss-reactive ketones (excluding diaryl/α,β-unsaturated/α-hetero) is 1. The van der Waals surface area contributed by atoms with Gasteiger partial charge in [-0.05, 0) is 33.3 Å². The minimum absolute atomic E-state index is 0.0205. The second-order valence-corrected chi connectivity index (χ2v) is 7.40. The van der Waals surface area contributed by atoms with E-state index in [0.717, 1.165) is 18.7 Å². The molecule has 124 valence electrons. The van der Waals surface area contributed by atoms with Gasteiger partial charge in [0.1, 0.15) is 36.7 Å². The molecule has 23 heavy (non-hydrogen) atoms. The summed E-state index contributed by atoms with van der Waals surface area (Å²) in [6, 6.07) is 0. The van der Waals surface area contributed by atoms with E-state index in [9.17, 15) is 9.59 Å². The number of H-pyrrole nitrogens is 1. The van der Waals surface area contributed by atoms with Crippen LogP contribution in [0.15, 0.2) is 4.79 Å². The molecule has 0 radical (unpaired) electrons. The van der Waals surface area contributed by atoms with Crippen molar-refractivity contribution in [3.8, 4) is 0 Å². The minimum atomic E-state index is -0.153. The maximum Gasteiger partial charge on any atom is 0.260 e. The number of aromatic nitrogens is 2. The molecule has 0 amide bonds. The van der Waals surface area contributed by atoms with Crippen LogP contribution in [0, 0.1) is 6.92 Å². The zero-order chi connectivity index (χ0) is 16.7. The molecule has 3 heterocycles. The second-order valence-electron chi connectivity index (χ2n) is 6.40. The molecule has 2 aromatic rings. The molecule has 0 spiro atoms. The Morgan fingerprint density at radius 3 is 2.65 bits per heavy atom. The lowest BCUT2D eigenvalue weighted by atomic mass is 10.2. The van der Waals surface area contributed by atoms with Gasteiger partial charge >= 0.3 is 0 Å². The molecule has 1 fully saturated rings. The van der Waals surface area contributed by atoms with E-state index in [4.69, 9.17) is 4.74 Å². The molecule has 6 nitrogen and oxygen atoms in total. The molecule has 3 rings (SSSR count). The Morgan fingerprint density at radius 2 is 2.04 bits per heavy atom. The number of carbonyl (C=O) groups excluding carboxylic acids is 1. The highest BCUT2D eigenvalue weighted by atomic mass is 32.1. The zero-order valence-electron chi connectivity index (χ0n) is 13.9. The lowest BCUT2D eigenvalue weighted by Crippen LogP contribution is -3.14. The summed E-state index contributed by atoms with van der Waals surface area (Å²) in [7, 11) is 0. The molecule has 2 N–H and O–H groups in total. The van der Waals surface area contributed by atoms with Crippen LogP contribution in [0.4, 0.5) is 0 Å². The molecular weight excluding hydrogens is 314 g/mol. The number of thiophene rings is 1. The van der Waals surface area contributed by atoms with Gasteiger partial charge in [0.15, 0.2) is 11.6 Å². The zero-order valence-corrected chi connectivity index (χ0v) is 14.7. The first-order valence-corrected chi connectivity index (χ1v) is 8.69. The van der Waals surface area contributed by atoms with E-state index in [1.54, 1.807) is 0 Å². The average molecular weight is 336 g/mol. The van der Waals surface area contributed by atoms with Gasteiger partial charge in [-0.25, -0.2) is 4.98 Å². The predicted molar refractivity (Wildman–Crippen MR) is 89.4 cm³/mol. The molecule has 0 bridgehead atoms. The Bertz CT molecular complexity index is 801. The highest BCUT2D eigenvalue weighted by Gasteiger charge is 2.26. The topological polar surface area (TPSA) is 76.5 Å². The first kappa shape index (κ1) is 16.3. The average Bonchev–Trinajstić information content (AvgIpc) is 2.75. The maximum absolute atomic E-state index is 12.4. The number of ketones is 1. The summed E-state index contributed by atoms with van der Waals surface area (Å²) in [5.74, 6) is 0.656. The van der Waals surface area contributed by atoms with Gasteiger partial charge in [-0.3, -0.25) is 9.59 Å². The fourth-order valence-corrected chi connectivity index (χ4v) is 4.47. The third kappa shape index (κ3) is 3.22. The van der Waals surface area contributed by atoms with E-state index in [0.29, 0.717) is 27.5 Å². The minimum Gasteiger partial charge on any atom is -0.364 e. The standard InChI is InChI=1S/C16H21N3O3S/c1-8-5-19(6-9(2)22-8)7-12-17-15(21)13-10(3)14(11(4)20)23-16(13)18-12/h8-9H,5-7H2,1-4H3,(H,17,18,21)/p+1/t8-,9-/m0/s1. The number of nitrogens with one attached hydrogen (secondary N) is 2. The van der Waals surface area contributed by atoms with Crippen LogP contribution in [0.3, 0.4) is 0 Å². The lowest BCUT2D eigenvalue weighted by molar-refractivity contribution is -0.928. The fourth-order valence-electron chi connectivity index (χ4n) is 3.38. The van der Waals surface area contributed by atoms with E-state index in [1.165, 1.54) is 23.2 Å². The van der Waals surface area contributed by atoms with Crippen LogP contribution in [-0.2, 0) is 11.3 Å². The largest absolute Gasteiger partial charge is 0.364 e. The van der Waals surface area contributed by atoms with Gasteiger partial charge in [0.05, 0.1) is 10.3 Å². The van der Waals surface area contributed by atoms with Gasteiger partial charge in [-0.15, -0.1) is 11.3 Å². The van der Waals surface area contributed by atoms with Gasteiger partial charge in [-0.1, -0.05) is 0 Å². The van der Waals surface area contributed by atoms with Crippen LogP contribution in [0.2, 0.25) is 0 Å². The Morgan fingerprint density at radius 1 is 1.39 bits per heavy atom. The van der Waals surface area contributed by atoms with Crippen molar-refractivity contribution in [2.75, 3.05) is 13.1 Å². The van der Waals surface area contributed by atoms with Crippen molar-refractivity contribution in [2.24, 2.45) is 0 Å². The molecule has 7 heteroatoms. The summed E-state index contributed by atoms with van der Waals surface area (Å²) < 4.78 is 5.74. The van der Waals surface area contributed by atoms with Crippen molar-refractivity contribution >= 4 is 27.3 Å². The molecule has 1 aliphatic rings. The quantitative estimate of drug-likeness (QED) is 0.809. The fraction of sp³-hybridized carbons (Fsp3) is 0.562. The summed E-state index contributed by atoms with van der Waals surface area (Å²) in [5.41, 5.74) is 0.582. The summed E-state index contributed by atoms with van der Waals surface area (Å²) in [6.45, 7) is 9.92. The Labute approximate surface area is 138 Å². The van der Waals surface area contributed by atoms with Gasteiger partial charge in [0.2, 0.25) is 0 Å². The number of aromatic amines is 1. The molecule has 1 saturated heterocycles. The van der Waals surface area contributed by atoms with Crippen molar-refractivity contribution in [3.63, 3.8) is 0 Å². The van der Waals surface area contributed by atoms with Gasteiger partial charge in [-0.2, -0.15) is 0 Å². The number of rotatable bonds is 3. The van der Waals surface area contributed by atoms with Crippen molar-refractivity contribution in [2.45, 2.75) is 46.4 Å². The van der Waals surface area contributed by atoms with E-state index >= 15 is 0 Å². The maximum atomic E-state index is 12.4. The van der Waals surface area contributed by atoms with Crippen LogP contribution in [0.25, 0.3) is 10.2 Å². The number of morpholine rings is 1. The molecule has 2 aromatic heterocycles. The summed E-state index contributed by atoms with van der Waals surface area (Å²) in [6.07, 6.45) is 0.412. The van der Waals surface area contributed by atoms with Crippen molar-refractivity contribution < 1.29 is 14.4 Å². The van der Waals surface area contributed by atoms with Crippen molar-refractivity contribution in [3.05, 3.63) is 26.6 Å². The summed E-state index contributed by atoms with van der Waals surface area (Å²) in [4.78, 5) is 34.2. The number of hydrogen-bond acceptors (Lipinski definition) is 5. The second kappa shape index (κ2) is 6.14. The first-order valence-electron chi connectivity index (χ1n) is 7.87. The first-order chi connectivity index (χ1) is 10.8. The van der Waals surface area contributed by atoms with Crippen LogP contribution >= 0.6 is 11.3 Å². The monoisotopic (exact) mass is 336 g/mol. The molecule has 0 aliphatic carbocycles. The Kier molecular flexibility index (Phi) is 4.35. The number of nitrogens with zero attached hydrogens (tertiary/aromatic N) is 1. The number of aryl methyl sites for hydroxylation is 1.